The summed E-state index contributed by atoms with van der Waals surface area (Å²) >= 11 is 0. The van der Waals surface area contributed by atoms with Gasteiger partial charge >= 0.3 is 0 Å². The van der Waals surface area contributed by atoms with Gasteiger partial charge in [-0.15, -0.1) is 0 Å². The van der Waals surface area contributed by atoms with Gasteiger partial charge in [0.05, 0.1) is 6.04 Å². The number of carbonyl (C=O) groups is 1. The molecule has 0 saturated heterocycles. The van der Waals surface area contributed by atoms with Crippen molar-refractivity contribution < 1.29 is 4.79 Å². The Labute approximate surface area is 67.3 Å². The average Bonchev–Trinajstić information content (AvgIpc) is 1.82. The lowest BCUT2D eigenvalue weighted by Crippen LogP contribution is -2.45. The van der Waals surface area contributed by atoms with Crippen molar-refractivity contribution in [2.24, 2.45) is 17.0 Å². The first-order valence-electron chi connectivity index (χ1n) is 3.63. The van der Waals surface area contributed by atoms with E-state index in [1.165, 1.54) is 0 Å². The van der Waals surface area contributed by atoms with Gasteiger partial charge in [-0.2, -0.15) is 0 Å². The zero-order chi connectivity index (χ0) is 9.07. The topological polar surface area (TPSA) is 81.1 Å². The van der Waals surface area contributed by atoms with Crippen LogP contribution in [0.15, 0.2) is 0 Å². The number of amides is 1. The molecule has 0 aromatic rings. The van der Waals surface area contributed by atoms with Gasteiger partial charge in [-0.25, -0.2) is 5.84 Å². The zero-order valence-electron chi connectivity index (χ0n) is 7.35. The monoisotopic (exact) mass is 159 g/mol. The van der Waals surface area contributed by atoms with E-state index < -0.39 is 6.04 Å². The van der Waals surface area contributed by atoms with E-state index in [4.69, 9.17) is 11.6 Å². The molecule has 4 nitrogen and oxygen atoms in total. The van der Waals surface area contributed by atoms with Crippen molar-refractivity contribution in [3.63, 3.8) is 0 Å². The van der Waals surface area contributed by atoms with Crippen LogP contribution in [0.1, 0.15) is 27.2 Å². The summed E-state index contributed by atoms with van der Waals surface area (Å²) < 4.78 is 0. The number of hydrogen-bond donors (Lipinski definition) is 3. The predicted molar refractivity (Wildman–Crippen MR) is 44.4 cm³/mol. The van der Waals surface area contributed by atoms with Gasteiger partial charge in [0.1, 0.15) is 0 Å². The van der Waals surface area contributed by atoms with Gasteiger partial charge in [0, 0.05) is 0 Å². The van der Waals surface area contributed by atoms with E-state index in [1.807, 2.05) is 26.2 Å². The molecule has 66 valence electrons. The van der Waals surface area contributed by atoms with Gasteiger partial charge in [0.2, 0.25) is 0 Å². The summed E-state index contributed by atoms with van der Waals surface area (Å²) in [6.45, 7) is 6.07. The second-order valence-electron chi connectivity index (χ2n) is 3.88. The fourth-order valence-electron chi connectivity index (χ4n) is 0.859. The SMILES string of the molecule is CC(C)(C)CC(N)C(=O)NN. The molecule has 1 amide bonds. The lowest BCUT2D eigenvalue weighted by atomic mass is 9.88. The third-order valence-corrected chi connectivity index (χ3v) is 1.31. The number of carbonyl (C=O) groups excluding carboxylic acids is 1. The van der Waals surface area contributed by atoms with Gasteiger partial charge in [0.15, 0.2) is 0 Å². The van der Waals surface area contributed by atoms with E-state index in [9.17, 15) is 4.79 Å². The lowest BCUT2D eigenvalue weighted by Gasteiger charge is -2.21. The molecule has 11 heavy (non-hydrogen) atoms. The van der Waals surface area contributed by atoms with Crippen LogP contribution in [-0.2, 0) is 4.79 Å². The number of nitrogens with one attached hydrogen (secondary N) is 1. The standard InChI is InChI=1S/C7H17N3O/c1-7(2,3)4-5(8)6(11)10-9/h5H,4,8-9H2,1-3H3,(H,10,11). The zero-order valence-corrected chi connectivity index (χ0v) is 7.35. The summed E-state index contributed by atoms with van der Waals surface area (Å²) in [5, 5.41) is 0. The van der Waals surface area contributed by atoms with Crippen molar-refractivity contribution in [2.45, 2.75) is 33.2 Å². The highest BCUT2D eigenvalue weighted by molar-refractivity contribution is 5.80. The summed E-state index contributed by atoms with van der Waals surface area (Å²) in [4.78, 5) is 10.8. The number of nitrogens with two attached hydrogens (primary N) is 2. The first kappa shape index (κ1) is 10.4. The number of rotatable bonds is 2. The van der Waals surface area contributed by atoms with Crippen molar-refractivity contribution in [1.29, 1.82) is 0 Å². The number of hydrazine groups is 1. The minimum Gasteiger partial charge on any atom is -0.320 e. The fraction of sp³-hybridized carbons (Fsp3) is 0.857. The highest BCUT2D eigenvalue weighted by atomic mass is 16.2. The lowest BCUT2D eigenvalue weighted by molar-refractivity contribution is -0.123. The number of hydrogen-bond acceptors (Lipinski definition) is 3. The quantitative estimate of drug-likeness (QED) is 0.295. The normalized spacial score (nSPS) is 14.3. The first-order valence-corrected chi connectivity index (χ1v) is 3.63. The molecule has 0 radical (unpaired) electrons. The van der Waals surface area contributed by atoms with E-state index in [1.54, 1.807) is 0 Å². The Hall–Kier alpha value is -0.610. The molecule has 5 N–H and O–H groups in total. The molecule has 0 spiro atoms. The first-order chi connectivity index (χ1) is 4.87. The molecular weight excluding hydrogens is 142 g/mol. The molecule has 0 bridgehead atoms. The van der Waals surface area contributed by atoms with E-state index in [2.05, 4.69) is 0 Å². The summed E-state index contributed by atoms with van der Waals surface area (Å²) in [6, 6.07) is -0.500. The smallest absolute Gasteiger partial charge is 0.250 e. The van der Waals surface area contributed by atoms with Gasteiger partial charge in [-0.1, -0.05) is 20.8 Å². The van der Waals surface area contributed by atoms with Crippen molar-refractivity contribution >= 4 is 5.91 Å². The molecule has 0 heterocycles. The maximum atomic E-state index is 10.8. The van der Waals surface area contributed by atoms with Gasteiger partial charge in [-0.3, -0.25) is 10.2 Å². The Balaban J connectivity index is 3.87. The maximum Gasteiger partial charge on any atom is 0.250 e. The van der Waals surface area contributed by atoms with E-state index >= 15 is 0 Å². The van der Waals surface area contributed by atoms with E-state index in [0.717, 1.165) is 0 Å². The Morgan fingerprint density at radius 2 is 2.00 bits per heavy atom. The third-order valence-electron chi connectivity index (χ3n) is 1.31. The van der Waals surface area contributed by atoms with Crippen LogP contribution >= 0.6 is 0 Å². The van der Waals surface area contributed by atoms with Crippen LogP contribution in [0.5, 0.6) is 0 Å². The molecule has 0 aliphatic heterocycles. The van der Waals surface area contributed by atoms with Crippen molar-refractivity contribution in [3.8, 4) is 0 Å². The molecule has 0 saturated carbocycles. The van der Waals surface area contributed by atoms with Gasteiger partial charge in [0.25, 0.3) is 5.91 Å². The van der Waals surface area contributed by atoms with Gasteiger partial charge < -0.3 is 5.73 Å². The minimum atomic E-state index is -0.500. The molecule has 0 fully saturated rings. The predicted octanol–water partition coefficient (Wildman–Crippen LogP) is -0.260. The average molecular weight is 159 g/mol. The molecule has 0 aliphatic carbocycles. The third kappa shape index (κ3) is 4.75. The molecule has 1 unspecified atom stereocenters. The molecule has 1 atom stereocenters. The molecular formula is C7H17N3O. The fourth-order valence-corrected chi connectivity index (χ4v) is 0.859. The van der Waals surface area contributed by atoms with Crippen LogP contribution in [0.25, 0.3) is 0 Å². The molecule has 0 aromatic carbocycles. The van der Waals surface area contributed by atoms with E-state index in [-0.39, 0.29) is 11.3 Å². The molecule has 0 aliphatic rings. The summed E-state index contributed by atoms with van der Waals surface area (Å²) in [6.07, 6.45) is 0.635. The Morgan fingerprint density at radius 1 is 1.55 bits per heavy atom. The van der Waals surface area contributed by atoms with Crippen molar-refractivity contribution in [1.82, 2.24) is 5.43 Å². The Kier molecular flexibility index (Phi) is 3.48. The summed E-state index contributed by atoms with van der Waals surface area (Å²) in [5.74, 6) is 4.61. The second-order valence-corrected chi connectivity index (χ2v) is 3.88. The molecule has 4 heteroatoms. The Bertz CT molecular complexity index is 139. The second kappa shape index (κ2) is 3.69. The van der Waals surface area contributed by atoms with Gasteiger partial charge in [-0.05, 0) is 11.8 Å². The van der Waals surface area contributed by atoms with Crippen molar-refractivity contribution in [3.05, 3.63) is 0 Å². The van der Waals surface area contributed by atoms with Crippen LogP contribution in [0.3, 0.4) is 0 Å². The molecule has 0 aromatic heterocycles. The molecule has 0 rings (SSSR count). The summed E-state index contributed by atoms with van der Waals surface area (Å²) in [7, 11) is 0. The van der Waals surface area contributed by atoms with Crippen LogP contribution in [0.4, 0.5) is 0 Å². The maximum absolute atomic E-state index is 10.8. The summed E-state index contributed by atoms with van der Waals surface area (Å²) in [5.41, 5.74) is 7.61. The van der Waals surface area contributed by atoms with Crippen LogP contribution in [-0.4, -0.2) is 11.9 Å². The van der Waals surface area contributed by atoms with Crippen molar-refractivity contribution in [2.75, 3.05) is 0 Å². The van der Waals surface area contributed by atoms with E-state index in [0.29, 0.717) is 6.42 Å². The Morgan fingerprint density at radius 3 is 2.27 bits per heavy atom. The minimum absolute atomic E-state index is 0.0614. The highest BCUT2D eigenvalue weighted by Crippen LogP contribution is 2.19. The van der Waals surface area contributed by atoms with Crippen LogP contribution in [0, 0.1) is 5.41 Å². The van der Waals surface area contributed by atoms with Crippen LogP contribution < -0.4 is 17.0 Å². The largest absolute Gasteiger partial charge is 0.320 e. The highest BCUT2D eigenvalue weighted by Gasteiger charge is 2.20. The van der Waals surface area contributed by atoms with Crippen LogP contribution in [0.2, 0.25) is 0 Å².